The lowest BCUT2D eigenvalue weighted by Gasteiger charge is -2.17. The van der Waals surface area contributed by atoms with Crippen molar-refractivity contribution < 1.29 is 4.79 Å². The number of imidazole rings is 1. The maximum Gasteiger partial charge on any atom is 0.195 e. The highest BCUT2D eigenvalue weighted by atomic mass is 32.1. The number of hydrogen-bond acceptors (Lipinski definition) is 5. The van der Waals surface area contributed by atoms with E-state index in [9.17, 15) is 4.79 Å². The number of aromatic nitrogens is 2. The topological polar surface area (TPSA) is 40.9 Å². The first kappa shape index (κ1) is 23.6. The highest BCUT2D eigenvalue weighted by Gasteiger charge is 2.13. The lowest BCUT2D eigenvalue weighted by Crippen LogP contribution is -2.24. The molecule has 2 aromatic heterocycles. The number of rotatable bonds is 11. The van der Waals surface area contributed by atoms with E-state index in [1.807, 2.05) is 12.1 Å². The van der Waals surface area contributed by atoms with E-state index in [4.69, 9.17) is 4.98 Å². The lowest BCUT2D eigenvalue weighted by atomic mass is 10.1. The summed E-state index contributed by atoms with van der Waals surface area (Å²) in [6.07, 6.45) is 4.73. The highest BCUT2D eigenvalue weighted by molar-refractivity contribution is 7.23. The summed E-state index contributed by atoms with van der Waals surface area (Å²) in [7, 11) is 4.16. The van der Waals surface area contributed by atoms with E-state index in [1.165, 1.54) is 5.56 Å². The third-order valence-electron chi connectivity index (χ3n) is 6.19. The molecule has 0 aliphatic heterocycles. The van der Waals surface area contributed by atoms with Gasteiger partial charge in [-0.2, -0.15) is 0 Å². The number of fused-ring (bicyclic) bond motifs is 3. The Morgan fingerprint density at radius 1 is 1.03 bits per heavy atom. The molecule has 2 aromatic carbocycles. The molecular formula is C27H34N4OS. The third-order valence-corrected chi connectivity index (χ3v) is 7.20. The maximum atomic E-state index is 12.7. The molecule has 0 radical (unpaired) electrons. The van der Waals surface area contributed by atoms with Crippen LogP contribution in [0.4, 0.5) is 0 Å². The van der Waals surface area contributed by atoms with E-state index in [0.29, 0.717) is 6.42 Å². The Morgan fingerprint density at radius 2 is 1.79 bits per heavy atom. The van der Waals surface area contributed by atoms with Crippen LogP contribution in [0.15, 0.2) is 48.7 Å². The van der Waals surface area contributed by atoms with Crippen LogP contribution in [0.25, 0.3) is 26.4 Å². The molecule has 4 rings (SSSR count). The molecule has 0 aliphatic carbocycles. The molecule has 174 valence electrons. The molecule has 0 spiro atoms. The van der Waals surface area contributed by atoms with E-state index in [0.717, 1.165) is 71.0 Å². The van der Waals surface area contributed by atoms with E-state index in [2.05, 4.69) is 78.7 Å². The molecule has 0 saturated carbocycles. The van der Waals surface area contributed by atoms with Gasteiger partial charge in [0.2, 0.25) is 0 Å². The second-order valence-corrected chi connectivity index (χ2v) is 9.91. The smallest absolute Gasteiger partial charge is 0.195 e. The SMILES string of the molecule is CCN(CC)CCCCC(=O)c1ccc2c(c1)sc1nc(-c3ccc(CN(C)C)cc3)cn12. The molecule has 5 nitrogen and oxygen atoms in total. The number of hydrogen-bond donors (Lipinski definition) is 0. The standard InChI is InChI=1S/C27H34N4OS/c1-5-30(6-2)16-8-7-9-25(32)22-14-15-24-26(17-22)33-27-28-23(19-31(24)27)21-12-10-20(11-13-21)18-29(3)4/h10-15,17,19H,5-9,16,18H2,1-4H3. The summed E-state index contributed by atoms with van der Waals surface area (Å²) in [6.45, 7) is 8.53. The first-order chi connectivity index (χ1) is 16.0. The zero-order chi connectivity index (χ0) is 23.4. The van der Waals surface area contributed by atoms with E-state index >= 15 is 0 Å². The number of carbonyl (C=O) groups excluding carboxylic acids is 1. The molecular weight excluding hydrogens is 428 g/mol. The van der Waals surface area contributed by atoms with Gasteiger partial charge in [-0.3, -0.25) is 9.20 Å². The Bertz CT molecular complexity index is 1220. The Morgan fingerprint density at radius 3 is 2.48 bits per heavy atom. The van der Waals surface area contributed by atoms with Crippen molar-refractivity contribution in [2.45, 2.75) is 39.7 Å². The zero-order valence-corrected chi connectivity index (χ0v) is 21.0. The molecule has 2 heterocycles. The first-order valence-electron chi connectivity index (χ1n) is 11.9. The molecule has 0 aliphatic rings. The van der Waals surface area contributed by atoms with Crippen molar-refractivity contribution >= 4 is 32.3 Å². The summed E-state index contributed by atoms with van der Waals surface area (Å²) >= 11 is 1.64. The average molecular weight is 463 g/mol. The van der Waals surface area contributed by atoms with Crippen molar-refractivity contribution in [1.82, 2.24) is 19.2 Å². The summed E-state index contributed by atoms with van der Waals surface area (Å²) in [6, 6.07) is 14.7. The largest absolute Gasteiger partial charge is 0.305 e. The molecule has 0 fully saturated rings. The summed E-state index contributed by atoms with van der Waals surface area (Å²) in [4.78, 5) is 23.1. The van der Waals surface area contributed by atoms with Gasteiger partial charge >= 0.3 is 0 Å². The summed E-state index contributed by atoms with van der Waals surface area (Å²) in [5.41, 5.74) is 5.31. The average Bonchev–Trinajstić information content (AvgIpc) is 3.37. The number of thiazole rings is 1. The minimum Gasteiger partial charge on any atom is -0.305 e. The van der Waals surface area contributed by atoms with E-state index < -0.39 is 0 Å². The normalized spacial score (nSPS) is 11.9. The van der Waals surface area contributed by atoms with Crippen LogP contribution in [-0.2, 0) is 6.54 Å². The number of unbranched alkanes of at least 4 members (excludes halogenated alkanes) is 1. The van der Waals surface area contributed by atoms with Gasteiger partial charge < -0.3 is 9.80 Å². The van der Waals surface area contributed by atoms with Crippen LogP contribution in [0, 0.1) is 0 Å². The number of carbonyl (C=O) groups is 1. The Kier molecular flexibility index (Phi) is 7.58. The quantitative estimate of drug-likeness (QED) is 0.203. The number of benzene rings is 2. The second-order valence-electron chi connectivity index (χ2n) is 8.91. The van der Waals surface area contributed by atoms with Crippen molar-refractivity contribution in [2.24, 2.45) is 0 Å². The van der Waals surface area contributed by atoms with Crippen molar-refractivity contribution in [3.8, 4) is 11.3 Å². The molecule has 0 N–H and O–H groups in total. The molecule has 33 heavy (non-hydrogen) atoms. The minimum atomic E-state index is 0.237. The second kappa shape index (κ2) is 10.6. The molecule has 4 aromatic rings. The van der Waals surface area contributed by atoms with Gasteiger partial charge in [0, 0.05) is 30.3 Å². The van der Waals surface area contributed by atoms with Crippen molar-refractivity contribution in [3.63, 3.8) is 0 Å². The van der Waals surface area contributed by atoms with Crippen LogP contribution in [0.5, 0.6) is 0 Å². The highest BCUT2D eigenvalue weighted by Crippen LogP contribution is 2.30. The lowest BCUT2D eigenvalue weighted by molar-refractivity contribution is 0.0978. The van der Waals surface area contributed by atoms with Gasteiger partial charge in [0.05, 0.1) is 15.9 Å². The van der Waals surface area contributed by atoms with Gasteiger partial charge in [-0.15, -0.1) is 0 Å². The van der Waals surface area contributed by atoms with Gasteiger partial charge in [-0.05, 0) is 70.3 Å². The molecule has 0 atom stereocenters. The van der Waals surface area contributed by atoms with Crippen LogP contribution < -0.4 is 0 Å². The van der Waals surface area contributed by atoms with Crippen molar-refractivity contribution in [2.75, 3.05) is 33.7 Å². The summed E-state index contributed by atoms with van der Waals surface area (Å²) < 4.78 is 3.25. The zero-order valence-electron chi connectivity index (χ0n) is 20.2. The van der Waals surface area contributed by atoms with Crippen LogP contribution in [-0.4, -0.2) is 58.7 Å². The Balaban J connectivity index is 1.45. The van der Waals surface area contributed by atoms with E-state index in [1.54, 1.807) is 11.3 Å². The first-order valence-corrected chi connectivity index (χ1v) is 12.7. The van der Waals surface area contributed by atoms with Crippen molar-refractivity contribution in [3.05, 3.63) is 59.8 Å². The fourth-order valence-electron chi connectivity index (χ4n) is 4.26. The molecule has 0 bridgehead atoms. The molecule has 0 saturated heterocycles. The number of nitrogens with zero attached hydrogens (tertiary/aromatic N) is 4. The maximum absolute atomic E-state index is 12.7. The van der Waals surface area contributed by atoms with Crippen LogP contribution >= 0.6 is 11.3 Å². The summed E-state index contributed by atoms with van der Waals surface area (Å²) in [5, 5.41) is 0. The number of Topliss-reactive ketones (excluding diaryl/α,β-unsaturated/α-hetero) is 1. The van der Waals surface area contributed by atoms with Crippen molar-refractivity contribution in [1.29, 1.82) is 0 Å². The summed E-state index contributed by atoms with van der Waals surface area (Å²) in [5.74, 6) is 0.237. The van der Waals surface area contributed by atoms with Gasteiger partial charge in [0.25, 0.3) is 0 Å². The monoisotopic (exact) mass is 462 g/mol. The fraction of sp³-hybridized carbons (Fsp3) is 0.407. The molecule has 0 amide bonds. The van der Waals surface area contributed by atoms with Crippen LogP contribution in [0.3, 0.4) is 0 Å². The van der Waals surface area contributed by atoms with Gasteiger partial charge in [0.15, 0.2) is 10.7 Å². The molecule has 6 heteroatoms. The molecule has 0 unspecified atom stereocenters. The Hall–Kier alpha value is -2.54. The minimum absolute atomic E-state index is 0.237. The third kappa shape index (κ3) is 5.52. The van der Waals surface area contributed by atoms with Gasteiger partial charge in [-0.25, -0.2) is 4.98 Å². The van der Waals surface area contributed by atoms with Gasteiger partial charge in [0.1, 0.15) is 0 Å². The number of ketones is 1. The van der Waals surface area contributed by atoms with E-state index in [-0.39, 0.29) is 5.78 Å². The Labute approximate surface area is 200 Å². The van der Waals surface area contributed by atoms with Crippen LogP contribution in [0.1, 0.15) is 49.0 Å². The van der Waals surface area contributed by atoms with Crippen LogP contribution in [0.2, 0.25) is 0 Å². The fourth-order valence-corrected chi connectivity index (χ4v) is 5.31. The predicted octanol–water partition coefficient (Wildman–Crippen LogP) is 5.97. The van der Waals surface area contributed by atoms with Gasteiger partial charge in [-0.1, -0.05) is 49.4 Å². The predicted molar refractivity (Wildman–Crippen MR) is 139 cm³/mol.